The Hall–Kier alpha value is -2.34. The van der Waals surface area contributed by atoms with Crippen LogP contribution in [0.4, 0.5) is 4.39 Å². The number of methoxy groups -OCH3 is 1. The molecular weight excluding hydrogens is 329 g/mol. The number of thioether (sulfide) groups is 1. The lowest BCUT2D eigenvalue weighted by Gasteiger charge is -2.24. The van der Waals surface area contributed by atoms with Gasteiger partial charge in [-0.25, -0.2) is 9.18 Å². The maximum Gasteiger partial charge on any atom is 0.337 e. The summed E-state index contributed by atoms with van der Waals surface area (Å²) in [6, 6.07) is 13.2. The van der Waals surface area contributed by atoms with Crippen molar-refractivity contribution in [2.24, 2.45) is 0 Å². The van der Waals surface area contributed by atoms with Gasteiger partial charge in [0.1, 0.15) is 11.2 Å². The fourth-order valence-corrected chi connectivity index (χ4v) is 3.78. The Labute approximate surface area is 143 Å². The van der Waals surface area contributed by atoms with Crippen LogP contribution in [0.15, 0.2) is 48.5 Å². The molecule has 0 saturated carbocycles. The van der Waals surface area contributed by atoms with Crippen molar-refractivity contribution < 1.29 is 18.7 Å². The molecule has 1 atom stereocenters. The molecule has 1 fully saturated rings. The number of esters is 1. The van der Waals surface area contributed by atoms with E-state index in [4.69, 9.17) is 0 Å². The van der Waals surface area contributed by atoms with E-state index in [2.05, 4.69) is 4.74 Å². The molecule has 24 heavy (non-hydrogen) atoms. The Balaban J connectivity index is 1.77. The van der Waals surface area contributed by atoms with Crippen LogP contribution in [-0.4, -0.2) is 29.6 Å². The van der Waals surface area contributed by atoms with E-state index >= 15 is 0 Å². The van der Waals surface area contributed by atoms with Gasteiger partial charge in [-0.3, -0.25) is 4.79 Å². The summed E-state index contributed by atoms with van der Waals surface area (Å²) >= 11 is 1.53. The molecule has 3 rings (SSSR count). The Morgan fingerprint density at radius 3 is 2.50 bits per heavy atom. The second-order valence-corrected chi connectivity index (χ2v) is 6.49. The van der Waals surface area contributed by atoms with E-state index < -0.39 is 5.97 Å². The molecule has 0 aliphatic carbocycles. The number of nitrogens with zero attached hydrogens (tertiary/aromatic N) is 1. The highest BCUT2D eigenvalue weighted by atomic mass is 32.2. The molecule has 1 heterocycles. The summed E-state index contributed by atoms with van der Waals surface area (Å²) < 4.78 is 17.8. The van der Waals surface area contributed by atoms with E-state index in [0.717, 1.165) is 11.1 Å². The zero-order valence-electron chi connectivity index (χ0n) is 13.1. The third-order valence-corrected chi connectivity index (χ3v) is 5.11. The minimum absolute atomic E-state index is 0.0476. The second-order valence-electron chi connectivity index (χ2n) is 5.43. The monoisotopic (exact) mass is 345 g/mol. The van der Waals surface area contributed by atoms with Gasteiger partial charge < -0.3 is 9.64 Å². The maximum absolute atomic E-state index is 13.1. The highest BCUT2D eigenvalue weighted by molar-refractivity contribution is 8.00. The van der Waals surface area contributed by atoms with Gasteiger partial charge in [0.25, 0.3) is 0 Å². The second kappa shape index (κ2) is 7.05. The first-order chi connectivity index (χ1) is 11.6. The maximum atomic E-state index is 13.1. The minimum atomic E-state index is -0.390. The number of rotatable bonds is 4. The van der Waals surface area contributed by atoms with Crippen molar-refractivity contribution >= 4 is 23.6 Å². The van der Waals surface area contributed by atoms with Crippen molar-refractivity contribution in [2.45, 2.75) is 11.9 Å². The zero-order valence-corrected chi connectivity index (χ0v) is 13.9. The third kappa shape index (κ3) is 3.43. The van der Waals surface area contributed by atoms with Gasteiger partial charge in [-0.1, -0.05) is 24.3 Å². The lowest BCUT2D eigenvalue weighted by Crippen LogP contribution is -2.27. The lowest BCUT2D eigenvalue weighted by atomic mass is 10.1. The summed E-state index contributed by atoms with van der Waals surface area (Å²) in [5.74, 6) is -0.231. The van der Waals surface area contributed by atoms with Gasteiger partial charge in [0.05, 0.1) is 18.4 Å². The predicted octanol–water partition coefficient (Wildman–Crippen LogP) is 3.39. The van der Waals surface area contributed by atoms with Crippen LogP contribution >= 0.6 is 11.8 Å². The molecule has 0 aromatic heterocycles. The molecule has 0 spiro atoms. The van der Waals surface area contributed by atoms with Gasteiger partial charge in [0, 0.05) is 6.54 Å². The van der Waals surface area contributed by atoms with E-state index in [9.17, 15) is 14.0 Å². The first-order valence-corrected chi connectivity index (χ1v) is 8.47. The molecule has 124 valence electrons. The van der Waals surface area contributed by atoms with Gasteiger partial charge >= 0.3 is 5.97 Å². The lowest BCUT2D eigenvalue weighted by molar-refractivity contribution is -0.128. The number of carbonyl (C=O) groups is 2. The molecule has 1 unspecified atom stereocenters. The van der Waals surface area contributed by atoms with E-state index in [0.29, 0.717) is 17.9 Å². The van der Waals surface area contributed by atoms with Crippen LogP contribution in [0.25, 0.3) is 0 Å². The van der Waals surface area contributed by atoms with E-state index in [1.54, 1.807) is 29.2 Å². The molecule has 2 aromatic carbocycles. The number of hydrogen-bond acceptors (Lipinski definition) is 4. The van der Waals surface area contributed by atoms with Gasteiger partial charge in [-0.15, -0.1) is 11.8 Å². The third-order valence-electron chi connectivity index (χ3n) is 3.85. The van der Waals surface area contributed by atoms with Crippen LogP contribution in [0.3, 0.4) is 0 Å². The summed E-state index contributed by atoms with van der Waals surface area (Å²) in [7, 11) is 1.34. The summed E-state index contributed by atoms with van der Waals surface area (Å²) in [5.41, 5.74) is 2.29. The Morgan fingerprint density at radius 2 is 1.88 bits per heavy atom. The Morgan fingerprint density at radius 1 is 1.21 bits per heavy atom. The van der Waals surface area contributed by atoms with Crippen molar-refractivity contribution in [3.05, 3.63) is 71.0 Å². The van der Waals surface area contributed by atoms with Crippen molar-refractivity contribution in [1.29, 1.82) is 0 Å². The molecule has 0 bridgehead atoms. The standard InChI is InChI=1S/C18H16FNO3S/c1-23-18(22)14-4-2-12(3-5-14)10-20-16(21)11-24-17(20)13-6-8-15(19)9-7-13/h2-9,17H,10-11H2,1H3. The number of amides is 1. The van der Waals surface area contributed by atoms with Crippen LogP contribution in [0.1, 0.15) is 26.9 Å². The molecule has 2 aromatic rings. The summed E-state index contributed by atoms with van der Waals surface area (Å²) in [5, 5.41) is -0.126. The zero-order chi connectivity index (χ0) is 17.1. The summed E-state index contributed by atoms with van der Waals surface area (Å²) in [6.45, 7) is 0.440. The first kappa shape index (κ1) is 16.5. The number of hydrogen-bond donors (Lipinski definition) is 0. The largest absolute Gasteiger partial charge is 0.465 e. The van der Waals surface area contributed by atoms with Crippen LogP contribution < -0.4 is 0 Å². The van der Waals surface area contributed by atoms with E-state index in [-0.39, 0.29) is 17.1 Å². The quantitative estimate of drug-likeness (QED) is 0.797. The summed E-state index contributed by atoms with van der Waals surface area (Å²) in [4.78, 5) is 25.4. The van der Waals surface area contributed by atoms with Crippen molar-refractivity contribution in [3.63, 3.8) is 0 Å². The van der Waals surface area contributed by atoms with Gasteiger partial charge in [0.15, 0.2) is 0 Å². The number of carbonyl (C=O) groups excluding carboxylic acids is 2. The highest BCUT2D eigenvalue weighted by Crippen LogP contribution is 2.39. The normalized spacial score (nSPS) is 17.2. The smallest absolute Gasteiger partial charge is 0.337 e. The van der Waals surface area contributed by atoms with Crippen molar-refractivity contribution in [3.8, 4) is 0 Å². The van der Waals surface area contributed by atoms with E-state index in [1.165, 1.54) is 31.0 Å². The Kier molecular flexibility index (Phi) is 4.85. The summed E-state index contributed by atoms with van der Waals surface area (Å²) in [6.07, 6.45) is 0. The topological polar surface area (TPSA) is 46.6 Å². The van der Waals surface area contributed by atoms with Gasteiger partial charge in [-0.2, -0.15) is 0 Å². The molecule has 1 aliphatic heterocycles. The number of benzene rings is 2. The van der Waals surface area contributed by atoms with Crippen LogP contribution in [0, 0.1) is 5.82 Å². The fourth-order valence-electron chi connectivity index (χ4n) is 2.59. The predicted molar refractivity (Wildman–Crippen MR) is 89.9 cm³/mol. The van der Waals surface area contributed by atoms with Crippen molar-refractivity contribution in [1.82, 2.24) is 4.90 Å². The molecule has 1 aliphatic rings. The molecule has 1 saturated heterocycles. The SMILES string of the molecule is COC(=O)c1ccc(CN2C(=O)CSC2c2ccc(F)cc2)cc1. The van der Waals surface area contributed by atoms with Crippen molar-refractivity contribution in [2.75, 3.05) is 12.9 Å². The van der Waals surface area contributed by atoms with Gasteiger partial charge in [-0.05, 0) is 35.4 Å². The molecule has 0 N–H and O–H groups in total. The average Bonchev–Trinajstić information content (AvgIpc) is 2.96. The molecule has 1 amide bonds. The fraction of sp³-hybridized carbons (Fsp3) is 0.222. The highest BCUT2D eigenvalue weighted by Gasteiger charge is 2.32. The minimum Gasteiger partial charge on any atom is -0.465 e. The average molecular weight is 345 g/mol. The van der Waals surface area contributed by atoms with Gasteiger partial charge in [0.2, 0.25) is 5.91 Å². The number of halogens is 1. The number of ether oxygens (including phenoxy) is 1. The van der Waals surface area contributed by atoms with Crippen LogP contribution in [0.5, 0.6) is 0 Å². The van der Waals surface area contributed by atoms with Crippen LogP contribution in [0.2, 0.25) is 0 Å². The Bertz CT molecular complexity index is 746. The molecule has 6 heteroatoms. The molecule has 0 radical (unpaired) electrons. The van der Waals surface area contributed by atoms with Crippen LogP contribution in [-0.2, 0) is 16.1 Å². The first-order valence-electron chi connectivity index (χ1n) is 7.42. The molecule has 4 nitrogen and oxygen atoms in total. The van der Waals surface area contributed by atoms with E-state index in [1.807, 2.05) is 12.1 Å². The molecular formula is C18H16FNO3S.